The highest BCUT2D eigenvalue weighted by molar-refractivity contribution is 6.06. The first-order valence-corrected chi connectivity index (χ1v) is 12.6. The van der Waals surface area contributed by atoms with Crippen molar-refractivity contribution in [1.29, 1.82) is 0 Å². The molecule has 0 saturated carbocycles. The molecular weight excluding hydrogens is 454 g/mol. The Hall–Kier alpha value is -4.77. The van der Waals surface area contributed by atoms with Crippen LogP contribution in [0.2, 0.25) is 0 Å². The molecule has 0 unspecified atom stereocenters. The molecule has 0 spiro atoms. The van der Waals surface area contributed by atoms with Crippen molar-refractivity contribution >= 4 is 33.0 Å². The van der Waals surface area contributed by atoms with E-state index in [0.717, 1.165) is 23.1 Å². The number of hydrogen-bond acceptors (Lipinski definition) is 0. The summed E-state index contributed by atoms with van der Waals surface area (Å²) in [7, 11) is 4.28. The summed E-state index contributed by atoms with van der Waals surface area (Å²) in [6.07, 6.45) is 2.12. The number of para-hydroxylation sites is 4. The first-order chi connectivity index (χ1) is 18.1. The smallest absolute Gasteiger partial charge is 0.236 e. The molecule has 5 heteroatoms. The minimum atomic E-state index is 1.10. The molecule has 178 valence electrons. The molecule has 0 aliphatic rings. The molecule has 3 aromatic carbocycles. The number of fused-ring (bicyclic) bond motifs is 4. The number of benzene rings is 3. The van der Waals surface area contributed by atoms with Crippen LogP contribution in [-0.2, 0) is 14.1 Å². The van der Waals surface area contributed by atoms with Crippen LogP contribution in [0.3, 0.4) is 0 Å². The van der Waals surface area contributed by atoms with E-state index in [4.69, 9.17) is 0 Å². The van der Waals surface area contributed by atoms with Gasteiger partial charge in [0.2, 0.25) is 11.0 Å². The maximum Gasteiger partial charge on any atom is 0.348 e. The van der Waals surface area contributed by atoms with Crippen LogP contribution in [0.5, 0.6) is 0 Å². The normalized spacial score (nSPS) is 11.6. The van der Waals surface area contributed by atoms with E-state index in [0.29, 0.717) is 0 Å². The molecule has 4 aromatic heterocycles. The number of imidazole rings is 1. The van der Waals surface area contributed by atoms with Crippen molar-refractivity contribution in [2.45, 2.75) is 6.92 Å². The van der Waals surface area contributed by atoms with Crippen LogP contribution in [-0.4, -0.2) is 9.13 Å². The van der Waals surface area contributed by atoms with Gasteiger partial charge in [0.25, 0.3) is 5.65 Å². The summed E-state index contributed by atoms with van der Waals surface area (Å²) >= 11 is 0. The molecule has 0 amide bonds. The largest absolute Gasteiger partial charge is 0.348 e. The Morgan fingerprint density at radius 3 is 2.14 bits per heavy atom. The van der Waals surface area contributed by atoms with Crippen molar-refractivity contribution in [1.82, 2.24) is 9.13 Å². The zero-order valence-electron chi connectivity index (χ0n) is 21.2. The van der Waals surface area contributed by atoms with Gasteiger partial charge in [0.1, 0.15) is 12.6 Å². The Morgan fingerprint density at radius 1 is 0.595 bits per heavy atom. The van der Waals surface area contributed by atoms with Crippen molar-refractivity contribution in [3.63, 3.8) is 0 Å². The van der Waals surface area contributed by atoms with Gasteiger partial charge in [-0.1, -0.05) is 42.5 Å². The first-order valence-electron chi connectivity index (χ1n) is 12.6. The number of aryl methyl sites for hydroxylation is 1. The van der Waals surface area contributed by atoms with Crippen molar-refractivity contribution < 1.29 is 13.7 Å². The lowest BCUT2D eigenvalue weighted by Gasteiger charge is -2.05. The molecule has 5 nitrogen and oxygen atoms in total. The fraction of sp³-hybridized carbons (Fsp3) is 0.0938. The van der Waals surface area contributed by atoms with Gasteiger partial charge in [-0.05, 0) is 54.6 Å². The Bertz CT molecular complexity index is 1960. The summed E-state index contributed by atoms with van der Waals surface area (Å²) < 4.78 is 11.6. The number of nitrogens with zero attached hydrogens (tertiary/aromatic N) is 5. The molecule has 7 aromatic rings. The lowest BCUT2D eigenvalue weighted by Crippen LogP contribution is -2.50. The predicted octanol–water partition coefficient (Wildman–Crippen LogP) is 4.96. The van der Waals surface area contributed by atoms with E-state index in [1.807, 2.05) is 0 Å². The second-order valence-corrected chi connectivity index (χ2v) is 9.55. The SMILES string of the molecule is Cc1n(-c2ccccc2)c2ccccc2[n+]1-c1cccc(-n2c3ccccc3c3ccc[n+](C)c32)[n+]1C. The van der Waals surface area contributed by atoms with E-state index >= 15 is 0 Å². The Kier molecular flexibility index (Phi) is 4.73. The van der Waals surface area contributed by atoms with Gasteiger partial charge in [-0.3, -0.25) is 0 Å². The highest BCUT2D eigenvalue weighted by Crippen LogP contribution is 2.29. The number of pyridine rings is 2. The van der Waals surface area contributed by atoms with E-state index < -0.39 is 0 Å². The quantitative estimate of drug-likeness (QED) is 0.318. The van der Waals surface area contributed by atoms with Gasteiger partial charge in [0.15, 0.2) is 5.69 Å². The molecule has 0 saturated heterocycles. The molecule has 4 heterocycles. The van der Waals surface area contributed by atoms with Gasteiger partial charge in [-0.15, -0.1) is 9.13 Å². The molecule has 0 bridgehead atoms. The molecule has 0 fully saturated rings. The van der Waals surface area contributed by atoms with E-state index in [1.165, 1.54) is 33.0 Å². The van der Waals surface area contributed by atoms with E-state index in [9.17, 15) is 0 Å². The zero-order valence-corrected chi connectivity index (χ0v) is 21.2. The molecule has 0 N–H and O–H groups in total. The number of hydrogen-bond donors (Lipinski definition) is 0. The summed E-state index contributed by atoms with van der Waals surface area (Å²) in [5, 5.41) is 2.50. The third-order valence-corrected chi connectivity index (χ3v) is 7.46. The molecule has 0 aliphatic heterocycles. The summed E-state index contributed by atoms with van der Waals surface area (Å²) in [4.78, 5) is 0. The van der Waals surface area contributed by atoms with Gasteiger partial charge < -0.3 is 0 Å². The summed E-state index contributed by atoms with van der Waals surface area (Å²) in [6.45, 7) is 2.19. The average molecular weight is 483 g/mol. The number of aromatic nitrogens is 5. The van der Waals surface area contributed by atoms with Crippen LogP contribution in [0, 0.1) is 6.92 Å². The van der Waals surface area contributed by atoms with Gasteiger partial charge in [0, 0.05) is 17.5 Å². The molecule has 0 atom stereocenters. The fourth-order valence-electron chi connectivity index (χ4n) is 5.83. The van der Waals surface area contributed by atoms with Crippen molar-refractivity contribution in [3.8, 4) is 17.3 Å². The van der Waals surface area contributed by atoms with Crippen molar-refractivity contribution in [2.75, 3.05) is 0 Å². The Morgan fingerprint density at radius 2 is 1.30 bits per heavy atom. The third kappa shape index (κ3) is 3.07. The van der Waals surface area contributed by atoms with Gasteiger partial charge in [-0.2, -0.15) is 9.13 Å². The number of rotatable bonds is 3. The molecule has 0 radical (unpaired) electrons. The molecular formula is C32H28N5+3. The standard InChI is InChI=1S/C32H28N5/c1-23-35(24-13-5-4-6-14-24)28-18-9-10-19-29(28)36(23)30-20-11-21-31(34(30)3)37-27-17-8-7-15-25(27)26-16-12-22-33(2)32(26)37/h4-22H,1-3H3/q+3. The van der Waals surface area contributed by atoms with Gasteiger partial charge in [0.05, 0.1) is 25.6 Å². The average Bonchev–Trinajstić information content (AvgIpc) is 3.42. The Balaban J connectivity index is 1.56. The third-order valence-electron chi connectivity index (χ3n) is 7.46. The minimum Gasteiger partial charge on any atom is -0.236 e. The minimum absolute atomic E-state index is 1.10. The van der Waals surface area contributed by atoms with Crippen LogP contribution >= 0.6 is 0 Å². The zero-order chi connectivity index (χ0) is 25.1. The fourth-order valence-corrected chi connectivity index (χ4v) is 5.83. The topological polar surface area (TPSA) is 21.5 Å². The highest BCUT2D eigenvalue weighted by atomic mass is 15.3. The maximum atomic E-state index is 2.38. The van der Waals surface area contributed by atoms with Crippen LogP contribution in [0.4, 0.5) is 0 Å². The van der Waals surface area contributed by atoms with E-state index in [1.54, 1.807) is 0 Å². The summed E-state index contributed by atoms with van der Waals surface area (Å²) in [5.74, 6) is 3.35. The maximum absolute atomic E-state index is 2.38. The van der Waals surface area contributed by atoms with Crippen LogP contribution in [0.1, 0.15) is 5.82 Å². The van der Waals surface area contributed by atoms with Crippen LogP contribution in [0.15, 0.2) is 115 Å². The monoisotopic (exact) mass is 482 g/mol. The summed E-state index contributed by atoms with van der Waals surface area (Å²) in [6, 6.07) is 38.8. The second kappa shape index (κ2) is 8.14. The van der Waals surface area contributed by atoms with Crippen molar-refractivity contribution in [3.05, 3.63) is 121 Å². The second-order valence-electron chi connectivity index (χ2n) is 9.55. The Labute approximate surface area is 215 Å². The lowest BCUT2D eigenvalue weighted by molar-refractivity contribution is -0.767. The predicted molar refractivity (Wildman–Crippen MR) is 146 cm³/mol. The van der Waals surface area contributed by atoms with Crippen molar-refractivity contribution in [2.24, 2.45) is 14.1 Å². The van der Waals surface area contributed by atoms with Gasteiger partial charge >= 0.3 is 17.5 Å². The first kappa shape index (κ1) is 21.5. The van der Waals surface area contributed by atoms with Crippen LogP contribution in [0.25, 0.3) is 50.3 Å². The lowest BCUT2D eigenvalue weighted by atomic mass is 10.2. The summed E-state index contributed by atoms with van der Waals surface area (Å²) in [5.41, 5.74) is 5.87. The van der Waals surface area contributed by atoms with E-state index in [2.05, 4.69) is 159 Å². The molecule has 0 aliphatic carbocycles. The van der Waals surface area contributed by atoms with E-state index in [-0.39, 0.29) is 0 Å². The molecule has 7 rings (SSSR count). The molecule has 37 heavy (non-hydrogen) atoms. The highest BCUT2D eigenvalue weighted by Gasteiger charge is 2.33. The van der Waals surface area contributed by atoms with Gasteiger partial charge in [-0.25, -0.2) is 4.57 Å². The van der Waals surface area contributed by atoms with Crippen LogP contribution < -0.4 is 13.7 Å².